The number of aromatic nitrogens is 1. The van der Waals surface area contributed by atoms with Crippen LogP contribution in [0.2, 0.25) is 0 Å². The molecule has 5 N–H and O–H groups in total. The summed E-state index contributed by atoms with van der Waals surface area (Å²) in [4.78, 5) is 3.84. The SMILES string of the molecule is Cl.NNc1ncccc1N. The molecule has 0 fully saturated rings. The highest BCUT2D eigenvalue weighted by atomic mass is 35.5. The van der Waals surface area contributed by atoms with Gasteiger partial charge in [-0.3, -0.25) is 0 Å². The third-order valence-corrected chi connectivity index (χ3v) is 0.976. The Balaban J connectivity index is 0.000000810. The van der Waals surface area contributed by atoms with Crippen molar-refractivity contribution in [2.24, 2.45) is 5.84 Å². The summed E-state index contributed by atoms with van der Waals surface area (Å²) >= 11 is 0. The zero-order valence-electron chi connectivity index (χ0n) is 5.24. The van der Waals surface area contributed by atoms with Crippen LogP contribution in [-0.4, -0.2) is 4.98 Å². The maximum atomic E-state index is 5.43. The lowest BCUT2D eigenvalue weighted by molar-refractivity contribution is 1.23. The number of nitrogens with zero attached hydrogens (tertiary/aromatic N) is 1. The van der Waals surface area contributed by atoms with Crippen LogP contribution in [0.1, 0.15) is 0 Å². The number of hydrogen-bond donors (Lipinski definition) is 3. The van der Waals surface area contributed by atoms with Crippen molar-refractivity contribution in [2.75, 3.05) is 11.2 Å². The topological polar surface area (TPSA) is 77.0 Å². The van der Waals surface area contributed by atoms with E-state index in [-0.39, 0.29) is 12.4 Å². The van der Waals surface area contributed by atoms with Crippen molar-refractivity contribution < 1.29 is 0 Å². The summed E-state index contributed by atoms with van der Waals surface area (Å²) in [6.45, 7) is 0. The van der Waals surface area contributed by atoms with E-state index in [0.717, 1.165) is 0 Å². The van der Waals surface area contributed by atoms with E-state index in [1.807, 2.05) is 0 Å². The Kier molecular flexibility index (Phi) is 3.53. The minimum absolute atomic E-state index is 0. The van der Waals surface area contributed by atoms with Gasteiger partial charge in [-0.05, 0) is 12.1 Å². The normalized spacial score (nSPS) is 8.10. The van der Waals surface area contributed by atoms with E-state index in [0.29, 0.717) is 11.5 Å². The molecule has 0 radical (unpaired) electrons. The van der Waals surface area contributed by atoms with Crippen molar-refractivity contribution in [3.63, 3.8) is 0 Å². The van der Waals surface area contributed by atoms with Gasteiger partial charge in [-0.2, -0.15) is 0 Å². The molecule has 1 aromatic rings. The molecular formula is C5H9ClN4. The maximum absolute atomic E-state index is 5.43. The molecule has 0 amide bonds. The summed E-state index contributed by atoms with van der Waals surface area (Å²) in [6, 6.07) is 3.47. The molecule has 0 saturated heterocycles. The van der Waals surface area contributed by atoms with Crippen LogP contribution in [0.25, 0.3) is 0 Å². The van der Waals surface area contributed by atoms with E-state index < -0.39 is 0 Å². The molecular weight excluding hydrogens is 152 g/mol. The lowest BCUT2D eigenvalue weighted by Gasteiger charge is -1.99. The van der Waals surface area contributed by atoms with Gasteiger partial charge in [-0.25, -0.2) is 10.8 Å². The van der Waals surface area contributed by atoms with Gasteiger partial charge in [0.25, 0.3) is 0 Å². The fraction of sp³-hybridized carbons (Fsp3) is 0. The van der Waals surface area contributed by atoms with Crippen molar-refractivity contribution in [3.8, 4) is 0 Å². The predicted molar refractivity (Wildman–Crippen MR) is 43.7 cm³/mol. The highest BCUT2D eigenvalue weighted by Crippen LogP contribution is 2.09. The first kappa shape index (κ1) is 9.00. The molecule has 0 spiro atoms. The number of anilines is 2. The second-order valence-electron chi connectivity index (χ2n) is 1.59. The van der Waals surface area contributed by atoms with E-state index in [2.05, 4.69) is 10.4 Å². The molecule has 1 aromatic heterocycles. The minimum atomic E-state index is 0. The van der Waals surface area contributed by atoms with Gasteiger partial charge in [0.05, 0.1) is 5.69 Å². The summed E-state index contributed by atoms with van der Waals surface area (Å²) in [5, 5.41) is 0. The molecule has 4 nitrogen and oxygen atoms in total. The fourth-order valence-electron chi connectivity index (χ4n) is 0.538. The molecule has 0 bridgehead atoms. The number of hydrazine groups is 1. The molecule has 1 heterocycles. The second-order valence-corrected chi connectivity index (χ2v) is 1.59. The van der Waals surface area contributed by atoms with Gasteiger partial charge in [0.2, 0.25) is 0 Å². The van der Waals surface area contributed by atoms with Crippen molar-refractivity contribution in [1.29, 1.82) is 0 Å². The lowest BCUT2D eigenvalue weighted by Crippen LogP contribution is -2.10. The van der Waals surface area contributed by atoms with Crippen LogP contribution in [0.5, 0.6) is 0 Å². The van der Waals surface area contributed by atoms with E-state index in [1.54, 1.807) is 18.3 Å². The van der Waals surface area contributed by atoms with Crippen LogP contribution in [0, 0.1) is 0 Å². The third-order valence-electron chi connectivity index (χ3n) is 0.976. The molecule has 0 aliphatic rings. The number of nitrogens with two attached hydrogens (primary N) is 2. The van der Waals surface area contributed by atoms with Gasteiger partial charge in [0.1, 0.15) is 0 Å². The Bertz CT molecular complexity index is 203. The van der Waals surface area contributed by atoms with Crippen molar-refractivity contribution in [3.05, 3.63) is 18.3 Å². The number of nitrogen functional groups attached to an aromatic ring is 2. The standard InChI is InChI=1S/C5H8N4.ClH/c6-4-2-1-3-8-5(4)9-7;/h1-3H,6-7H2,(H,8,9);1H. The first-order valence-corrected chi connectivity index (χ1v) is 2.51. The van der Waals surface area contributed by atoms with Gasteiger partial charge in [-0.1, -0.05) is 0 Å². The van der Waals surface area contributed by atoms with Crippen LogP contribution >= 0.6 is 12.4 Å². The quantitative estimate of drug-likeness (QED) is 0.410. The van der Waals surface area contributed by atoms with Crippen molar-refractivity contribution in [2.45, 2.75) is 0 Å². The van der Waals surface area contributed by atoms with Gasteiger partial charge in [-0.15, -0.1) is 12.4 Å². The Labute approximate surface area is 65.0 Å². The highest BCUT2D eigenvalue weighted by Gasteiger charge is 1.91. The van der Waals surface area contributed by atoms with Crippen LogP contribution in [0.15, 0.2) is 18.3 Å². The zero-order valence-corrected chi connectivity index (χ0v) is 6.06. The van der Waals surface area contributed by atoms with E-state index in [9.17, 15) is 0 Å². The first-order valence-electron chi connectivity index (χ1n) is 2.51. The van der Waals surface area contributed by atoms with Crippen LogP contribution < -0.4 is 17.0 Å². The molecule has 0 saturated carbocycles. The Morgan fingerprint density at radius 1 is 1.50 bits per heavy atom. The number of hydrogen-bond acceptors (Lipinski definition) is 4. The number of rotatable bonds is 1. The summed E-state index contributed by atoms with van der Waals surface area (Å²) in [5.41, 5.74) is 8.34. The van der Waals surface area contributed by atoms with Crippen LogP contribution in [0.3, 0.4) is 0 Å². The molecule has 1 rings (SSSR count). The number of halogens is 1. The summed E-state index contributed by atoms with van der Waals surface area (Å²) in [5.74, 6) is 5.57. The van der Waals surface area contributed by atoms with Crippen LogP contribution in [0.4, 0.5) is 11.5 Å². The highest BCUT2D eigenvalue weighted by molar-refractivity contribution is 5.85. The summed E-state index contributed by atoms with van der Waals surface area (Å²) in [7, 11) is 0. The molecule has 5 heteroatoms. The lowest BCUT2D eigenvalue weighted by atomic mass is 10.4. The third kappa shape index (κ3) is 1.75. The Morgan fingerprint density at radius 3 is 2.60 bits per heavy atom. The van der Waals surface area contributed by atoms with Crippen molar-refractivity contribution >= 4 is 23.9 Å². The predicted octanol–water partition coefficient (Wildman–Crippen LogP) is 0.371. The fourth-order valence-corrected chi connectivity index (χ4v) is 0.538. The molecule has 56 valence electrons. The largest absolute Gasteiger partial charge is 0.396 e. The molecule has 0 unspecified atom stereocenters. The Morgan fingerprint density at radius 2 is 2.20 bits per heavy atom. The first-order chi connectivity index (χ1) is 4.34. The summed E-state index contributed by atoms with van der Waals surface area (Å²) in [6.07, 6.45) is 1.62. The average Bonchev–Trinajstić information content (AvgIpc) is 1.89. The smallest absolute Gasteiger partial charge is 0.163 e. The number of nitrogens with one attached hydrogen (secondary N) is 1. The van der Waals surface area contributed by atoms with Gasteiger partial charge in [0.15, 0.2) is 5.82 Å². The van der Waals surface area contributed by atoms with E-state index in [1.165, 1.54) is 0 Å². The summed E-state index contributed by atoms with van der Waals surface area (Å²) < 4.78 is 0. The van der Waals surface area contributed by atoms with Crippen LogP contribution in [-0.2, 0) is 0 Å². The van der Waals surface area contributed by atoms with Gasteiger partial charge < -0.3 is 11.2 Å². The van der Waals surface area contributed by atoms with Gasteiger partial charge in [0, 0.05) is 6.20 Å². The molecule has 0 aromatic carbocycles. The second kappa shape index (κ2) is 3.92. The van der Waals surface area contributed by atoms with Gasteiger partial charge >= 0.3 is 0 Å². The van der Waals surface area contributed by atoms with E-state index in [4.69, 9.17) is 11.6 Å². The van der Waals surface area contributed by atoms with E-state index >= 15 is 0 Å². The average molecular weight is 161 g/mol. The zero-order chi connectivity index (χ0) is 6.69. The molecule has 0 atom stereocenters. The Hall–Kier alpha value is -1.00. The monoisotopic (exact) mass is 160 g/mol. The molecule has 10 heavy (non-hydrogen) atoms. The minimum Gasteiger partial charge on any atom is -0.396 e. The molecule has 0 aliphatic heterocycles. The van der Waals surface area contributed by atoms with Crippen molar-refractivity contribution in [1.82, 2.24) is 4.98 Å². The molecule has 0 aliphatic carbocycles. The maximum Gasteiger partial charge on any atom is 0.163 e. The number of pyridine rings is 1.